The number of benzene rings is 4. The van der Waals surface area contributed by atoms with E-state index in [-0.39, 0.29) is 20.0 Å². The lowest BCUT2D eigenvalue weighted by Gasteiger charge is -2.06. The van der Waals surface area contributed by atoms with Crippen LogP contribution in [0, 0.1) is 0 Å². The number of hydrogen-bond acceptors (Lipinski definition) is 3. The predicted molar refractivity (Wildman–Crippen MR) is 214 cm³/mol. The zero-order valence-corrected chi connectivity index (χ0v) is 31.2. The van der Waals surface area contributed by atoms with Gasteiger partial charge in [-0.05, 0) is 109 Å². The molecule has 0 heterocycles. The highest BCUT2D eigenvalue weighted by Gasteiger charge is 2.02. The molecule has 0 aliphatic rings. The number of carboxylic acid groups (broad SMARTS) is 1. The van der Waals surface area contributed by atoms with Crippen LogP contribution in [0.4, 0.5) is 0 Å². The monoisotopic (exact) mass is 742 g/mol. The first-order valence-electron chi connectivity index (χ1n) is 18.1. The fraction of sp³-hybridized carbons (Fsp3) is 0.422. The third-order valence-corrected chi connectivity index (χ3v) is 9.14. The Morgan fingerprint density at radius 1 is 0.500 bits per heavy atom. The highest BCUT2D eigenvalue weighted by Crippen LogP contribution is 2.23. The average Bonchev–Trinajstić information content (AvgIpc) is 3.12. The second kappa shape index (κ2) is 28.0. The van der Waals surface area contributed by atoms with Gasteiger partial charge in [0.2, 0.25) is 0 Å². The Kier molecular flexibility index (Phi) is 24.7. The third kappa shape index (κ3) is 18.8. The van der Waals surface area contributed by atoms with Crippen molar-refractivity contribution in [1.82, 2.24) is 0 Å². The van der Waals surface area contributed by atoms with Gasteiger partial charge in [-0.15, -0.1) is 0 Å². The average molecular weight is 744 g/mol. The summed E-state index contributed by atoms with van der Waals surface area (Å²) in [5.74, 6) is -0.705. The molecule has 1 N–H and O–H groups in total. The van der Waals surface area contributed by atoms with Crippen molar-refractivity contribution in [2.45, 2.75) is 118 Å². The summed E-state index contributed by atoms with van der Waals surface area (Å²) in [6.07, 6.45) is 17.0. The van der Waals surface area contributed by atoms with Crippen LogP contribution in [-0.2, 0) is 40.1 Å². The molecule has 0 aliphatic heterocycles. The molecule has 0 radical (unpaired) electrons. The number of hydrogen-bond donors (Lipinski definition) is 1. The van der Waals surface area contributed by atoms with Gasteiger partial charge in [0.15, 0.2) is 0 Å². The summed E-state index contributed by atoms with van der Waals surface area (Å²) >= 11 is 3.49. The maximum atomic E-state index is 10.5. The first-order chi connectivity index (χ1) is 23.9. The van der Waals surface area contributed by atoms with Crippen LogP contribution in [0.2, 0.25) is 0 Å². The highest BCUT2D eigenvalue weighted by atomic mass is 79.9. The van der Waals surface area contributed by atoms with Gasteiger partial charge in [0.1, 0.15) is 0 Å². The van der Waals surface area contributed by atoms with Crippen LogP contribution in [0.3, 0.4) is 0 Å². The summed E-state index contributed by atoms with van der Waals surface area (Å²) in [4.78, 5) is 26.8. The second-order valence-electron chi connectivity index (χ2n) is 12.5. The summed E-state index contributed by atoms with van der Waals surface area (Å²) in [6.45, 7) is 4.49. The number of rotatable bonds is 19. The molecule has 5 heteroatoms. The summed E-state index contributed by atoms with van der Waals surface area (Å²) in [7, 11) is 0. The quantitative estimate of drug-likeness (QED) is 0.0767. The van der Waals surface area contributed by atoms with Gasteiger partial charge < -0.3 is 5.11 Å². The molecular weight excluding hydrogens is 684 g/mol. The first kappa shape index (κ1) is 44.2. The van der Waals surface area contributed by atoms with Gasteiger partial charge in [-0.25, -0.2) is 0 Å². The minimum absolute atomic E-state index is 0. The van der Waals surface area contributed by atoms with Gasteiger partial charge in [-0.3, -0.25) is 4.79 Å². The van der Waals surface area contributed by atoms with Crippen LogP contribution in [0.15, 0.2) is 97.1 Å². The highest BCUT2D eigenvalue weighted by molar-refractivity contribution is 9.09. The Hall–Kier alpha value is -3.79. The van der Waals surface area contributed by atoms with Crippen LogP contribution in [-0.4, -0.2) is 22.6 Å². The molecule has 4 aromatic rings. The first-order valence-corrected chi connectivity index (χ1v) is 19.2. The van der Waals surface area contributed by atoms with Crippen molar-refractivity contribution in [2.24, 2.45) is 0 Å². The number of aryl methyl sites for hydroxylation is 4. The topological polar surface area (TPSA) is 71.4 Å². The van der Waals surface area contributed by atoms with Crippen LogP contribution in [0.5, 0.6) is 0 Å². The number of halogens is 1. The van der Waals surface area contributed by atoms with E-state index in [1.807, 2.05) is 0 Å². The lowest BCUT2D eigenvalue weighted by atomic mass is 9.99. The molecule has 0 amide bonds. The molecule has 0 saturated carbocycles. The summed E-state index contributed by atoms with van der Waals surface area (Å²) < 4.78 is 0. The second-order valence-corrected chi connectivity index (χ2v) is 13.3. The molecule has 0 bridgehead atoms. The maximum Gasteiger partial charge on any atom is 0.373 e. The smallest absolute Gasteiger partial charge is 0.373 e. The van der Waals surface area contributed by atoms with E-state index in [4.69, 9.17) is 14.7 Å². The predicted octanol–water partition coefficient (Wildman–Crippen LogP) is 12.7. The van der Waals surface area contributed by atoms with E-state index in [2.05, 4.69) is 127 Å². The zero-order valence-electron chi connectivity index (χ0n) is 29.6. The van der Waals surface area contributed by atoms with E-state index in [1.54, 1.807) is 0 Å². The molecule has 50 heavy (non-hydrogen) atoms. The number of carbonyl (C=O) groups is 1. The SMILES string of the molecule is C.CCCCCc1ccc(-c2ccc(CCCCBr)cc2)cc1.CCCCCc1ccc(-c2ccc(CCCCC(=O)O)cc2)cc1.O=C=O. The van der Waals surface area contributed by atoms with E-state index >= 15 is 0 Å². The number of carboxylic acids is 1. The van der Waals surface area contributed by atoms with Crippen LogP contribution in [0.1, 0.15) is 114 Å². The fourth-order valence-electron chi connectivity index (χ4n) is 5.64. The van der Waals surface area contributed by atoms with Gasteiger partial charge in [0.25, 0.3) is 0 Å². The molecule has 0 atom stereocenters. The van der Waals surface area contributed by atoms with Crippen LogP contribution in [0.25, 0.3) is 22.3 Å². The molecule has 0 aliphatic carbocycles. The molecule has 270 valence electrons. The van der Waals surface area contributed by atoms with Crippen LogP contribution >= 0.6 is 15.9 Å². The van der Waals surface area contributed by atoms with Crippen molar-refractivity contribution >= 4 is 28.1 Å². The normalized spacial score (nSPS) is 10.1. The molecular formula is C45H59BrO4. The molecule has 4 nitrogen and oxygen atoms in total. The number of aliphatic carboxylic acids is 1. The van der Waals surface area contributed by atoms with Crippen LogP contribution < -0.4 is 0 Å². The van der Waals surface area contributed by atoms with E-state index in [1.165, 1.54) is 115 Å². The molecule has 0 saturated heterocycles. The number of alkyl halides is 1. The molecule has 0 unspecified atom stereocenters. The van der Waals surface area contributed by atoms with Gasteiger partial charge >= 0.3 is 12.1 Å². The zero-order chi connectivity index (χ0) is 35.5. The number of carbonyl (C=O) groups excluding carboxylic acids is 2. The Bertz CT molecular complexity index is 1400. The van der Waals surface area contributed by atoms with Crippen molar-refractivity contribution < 1.29 is 19.5 Å². The Balaban J connectivity index is 0.000000456. The standard InChI is InChI=1S/C22H28O2.C21H27Br.CO2.CH4/c1-2-3-4-7-18-10-14-20(15-11-18)21-16-12-19(13-17-21)8-5-6-9-22(23)24;1-2-3-4-7-18-9-13-20(14-10-18)21-15-11-19(12-16-21)8-5-6-17-22;2-1-3;/h10-17H,2-9H2,1H3,(H,23,24);9-16H,2-8,17H2,1H3;;1H4. The summed E-state index contributed by atoms with van der Waals surface area (Å²) in [6, 6.07) is 35.7. The molecule has 0 spiro atoms. The summed E-state index contributed by atoms with van der Waals surface area (Å²) in [5.41, 5.74) is 10.7. The van der Waals surface area contributed by atoms with Crippen molar-refractivity contribution in [3.05, 3.63) is 119 Å². The molecule has 0 aromatic heterocycles. The van der Waals surface area contributed by atoms with Gasteiger partial charge in [0, 0.05) is 11.8 Å². The molecule has 4 rings (SSSR count). The lowest BCUT2D eigenvalue weighted by molar-refractivity contribution is -0.191. The molecule has 4 aromatic carbocycles. The van der Waals surface area contributed by atoms with E-state index in [0.29, 0.717) is 0 Å². The minimum atomic E-state index is -0.705. The van der Waals surface area contributed by atoms with Crippen molar-refractivity contribution in [3.8, 4) is 22.3 Å². The van der Waals surface area contributed by atoms with Crippen molar-refractivity contribution in [2.75, 3.05) is 5.33 Å². The Morgan fingerprint density at radius 3 is 1.00 bits per heavy atom. The van der Waals surface area contributed by atoms with Crippen molar-refractivity contribution in [1.29, 1.82) is 0 Å². The van der Waals surface area contributed by atoms with Crippen molar-refractivity contribution in [3.63, 3.8) is 0 Å². The number of unbranched alkanes of at least 4 members (excludes halogenated alkanes) is 6. The van der Waals surface area contributed by atoms with Gasteiger partial charge in [-0.2, -0.15) is 9.59 Å². The minimum Gasteiger partial charge on any atom is -0.481 e. The fourth-order valence-corrected chi connectivity index (χ4v) is 6.04. The summed E-state index contributed by atoms with van der Waals surface area (Å²) in [5, 5.41) is 9.76. The Morgan fingerprint density at radius 2 is 0.760 bits per heavy atom. The van der Waals surface area contributed by atoms with Gasteiger partial charge in [-0.1, -0.05) is 160 Å². The molecule has 0 fully saturated rings. The van der Waals surface area contributed by atoms with Gasteiger partial charge in [0.05, 0.1) is 0 Å². The van der Waals surface area contributed by atoms with E-state index in [9.17, 15) is 4.79 Å². The van der Waals surface area contributed by atoms with E-state index in [0.717, 1.165) is 24.6 Å². The van der Waals surface area contributed by atoms with E-state index < -0.39 is 5.97 Å². The Labute approximate surface area is 310 Å². The lowest BCUT2D eigenvalue weighted by Crippen LogP contribution is -1.94. The maximum absolute atomic E-state index is 10.5. The largest absolute Gasteiger partial charge is 0.481 e. The third-order valence-electron chi connectivity index (χ3n) is 8.58.